The molecule has 3 aromatic carbocycles. The fraction of sp³-hybridized carbons (Fsp3) is 0.273. The lowest BCUT2D eigenvalue weighted by Crippen LogP contribution is -2.32. The minimum atomic E-state index is -1.07. The van der Waals surface area contributed by atoms with Gasteiger partial charge in [0.15, 0.2) is 22.8 Å². The van der Waals surface area contributed by atoms with Crippen LogP contribution in [0.1, 0.15) is 29.0 Å². The van der Waals surface area contributed by atoms with Crippen molar-refractivity contribution in [3.63, 3.8) is 0 Å². The quantitative estimate of drug-likeness (QED) is 0.175. The summed E-state index contributed by atoms with van der Waals surface area (Å²) in [6.07, 6.45) is 1.60. The van der Waals surface area contributed by atoms with Crippen molar-refractivity contribution in [3.05, 3.63) is 89.2 Å². The third-order valence-electron chi connectivity index (χ3n) is 8.21. The molecule has 0 aliphatic carbocycles. The van der Waals surface area contributed by atoms with E-state index in [2.05, 4.69) is 31.1 Å². The molecule has 2 saturated heterocycles. The summed E-state index contributed by atoms with van der Waals surface area (Å²) < 4.78 is 69.4. The molecule has 3 aromatic heterocycles. The predicted octanol–water partition coefficient (Wildman–Crippen LogP) is 6.28. The maximum Gasteiger partial charge on any atom is 0.296 e. The molecule has 0 radical (unpaired) electrons. The summed E-state index contributed by atoms with van der Waals surface area (Å²) in [5.74, 6) is -3.71. The number of likely N-dealkylation sites (tertiary alicyclic amines) is 1. The Hall–Kier alpha value is -5.44. The molecule has 3 N–H and O–H groups in total. The van der Waals surface area contributed by atoms with Gasteiger partial charge in [-0.2, -0.15) is 18.7 Å². The molecule has 2 fully saturated rings. The van der Waals surface area contributed by atoms with E-state index in [1.807, 2.05) is 30.3 Å². The Labute approximate surface area is 270 Å². The zero-order valence-corrected chi connectivity index (χ0v) is 25.5. The van der Waals surface area contributed by atoms with Gasteiger partial charge >= 0.3 is 0 Å². The van der Waals surface area contributed by atoms with Gasteiger partial charge in [0.05, 0.1) is 0 Å². The molecule has 2 aliphatic rings. The average molecular weight is 664 g/mol. The Kier molecular flexibility index (Phi) is 8.43. The summed E-state index contributed by atoms with van der Waals surface area (Å²) in [5, 5.41) is 13.4. The highest BCUT2D eigenvalue weighted by Gasteiger charge is 2.32. The first kappa shape index (κ1) is 31.2. The first-order valence-corrected chi connectivity index (χ1v) is 15.3. The number of aryl methyl sites for hydroxylation is 1. The largest absolute Gasteiger partial charge is 0.420 e. The van der Waals surface area contributed by atoms with Crippen molar-refractivity contribution in [1.29, 1.82) is 0 Å². The Morgan fingerprint density at radius 2 is 1.48 bits per heavy atom. The summed E-state index contributed by atoms with van der Waals surface area (Å²) in [5.41, 5.74) is 1.91. The van der Waals surface area contributed by atoms with E-state index in [1.165, 1.54) is 12.1 Å². The Morgan fingerprint density at radius 3 is 2.08 bits per heavy atom. The van der Waals surface area contributed by atoms with E-state index < -0.39 is 23.3 Å². The van der Waals surface area contributed by atoms with Crippen molar-refractivity contribution in [2.45, 2.75) is 31.8 Å². The number of benzene rings is 3. The van der Waals surface area contributed by atoms with E-state index in [4.69, 9.17) is 13.4 Å². The number of halogens is 4. The molecule has 0 spiro atoms. The van der Waals surface area contributed by atoms with Crippen molar-refractivity contribution < 1.29 is 35.7 Å². The molecule has 6 aromatic rings. The number of anilines is 2. The number of hydrogen-bond donors (Lipinski definition) is 3. The summed E-state index contributed by atoms with van der Waals surface area (Å²) in [6, 6.07) is 14.6. The number of nitrogens with zero attached hydrogens (tertiary/aromatic N) is 4. The molecule has 8 rings (SSSR count). The van der Waals surface area contributed by atoms with Crippen LogP contribution in [0.3, 0.4) is 0 Å². The molecule has 0 bridgehead atoms. The molecule has 48 heavy (non-hydrogen) atoms. The van der Waals surface area contributed by atoms with Crippen LogP contribution in [0.2, 0.25) is 0 Å². The maximum absolute atomic E-state index is 13.9. The zero-order valence-electron chi connectivity index (χ0n) is 25.5. The number of hydrogen-bond acceptors (Lipinski definition) is 10. The Morgan fingerprint density at radius 1 is 0.854 bits per heavy atom. The van der Waals surface area contributed by atoms with Crippen molar-refractivity contribution in [1.82, 2.24) is 25.3 Å². The molecule has 2 aliphatic heterocycles. The summed E-state index contributed by atoms with van der Waals surface area (Å²) in [6.45, 7) is 4.37. The Balaban J connectivity index is 0.000000180. The van der Waals surface area contributed by atoms with Crippen LogP contribution in [0.15, 0.2) is 68.0 Å². The predicted molar refractivity (Wildman–Crippen MR) is 167 cm³/mol. The normalized spacial score (nSPS) is 17.6. The minimum Gasteiger partial charge on any atom is -0.420 e. The number of oxazole rings is 2. The van der Waals surface area contributed by atoms with Gasteiger partial charge in [0, 0.05) is 37.3 Å². The molecule has 0 saturated carbocycles. The second-order valence-electron chi connectivity index (χ2n) is 11.5. The lowest BCUT2D eigenvalue weighted by Gasteiger charge is -2.17. The molecular weight excluding hydrogens is 634 g/mol. The molecule has 1 amide bonds. The van der Waals surface area contributed by atoms with Gasteiger partial charge in [-0.1, -0.05) is 35.5 Å². The topological polar surface area (TPSA) is 134 Å². The van der Waals surface area contributed by atoms with Crippen molar-refractivity contribution >= 4 is 40.1 Å². The second-order valence-corrected chi connectivity index (χ2v) is 11.5. The van der Waals surface area contributed by atoms with Gasteiger partial charge in [0.2, 0.25) is 11.6 Å². The average Bonchev–Trinajstić information content (AvgIpc) is 3.93. The fourth-order valence-corrected chi connectivity index (χ4v) is 5.76. The van der Waals surface area contributed by atoms with Crippen LogP contribution < -0.4 is 16.0 Å². The van der Waals surface area contributed by atoms with E-state index in [0.717, 1.165) is 37.2 Å². The summed E-state index contributed by atoms with van der Waals surface area (Å²) in [4.78, 5) is 23.1. The first-order chi connectivity index (χ1) is 23.2. The van der Waals surface area contributed by atoms with Gasteiger partial charge in [-0.05, 0) is 50.6 Å². The van der Waals surface area contributed by atoms with Crippen LogP contribution in [0.4, 0.5) is 29.6 Å². The van der Waals surface area contributed by atoms with Crippen molar-refractivity contribution in [2.75, 3.05) is 36.8 Å². The van der Waals surface area contributed by atoms with Gasteiger partial charge in [-0.3, -0.25) is 4.79 Å². The number of amides is 1. The van der Waals surface area contributed by atoms with E-state index in [9.17, 15) is 22.4 Å². The highest BCUT2D eigenvalue weighted by molar-refractivity contribution is 6.01. The minimum absolute atomic E-state index is 0.0879. The first-order valence-electron chi connectivity index (χ1n) is 15.3. The van der Waals surface area contributed by atoms with Gasteiger partial charge in [-0.25, -0.2) is 8.78 Å². The van der Waals surface area contributed by atoms with Crippen LogP contribution in [0.25, 0.3) is 33.5 Å². The van der Waals surface area contributed by atoms with Gasteiger partial charge in [0.1, 0.15) is 28.1 Å². The third kappa shape index (κ3) is 6.15. The van der Waals surface area contributed by atoms with E-state index >= 15 is 0 Å². The monoisotopic (exact) mass is 663 g/mol. The number of aromatic nitrogens is 3. The molecule has 248 valence electrons. The molecular formula is C33H29F4N7O4. The second kappa shape index (κ2) is 13.0. The highest BCUT2D eigenvalue weighted by atomic mass is 19.2. The summed E-state index contributed by atoms with van der Waals surface area (Å²) in [7, 11) is 0. The highest BCUT2D eigenvalue weighted by Crippen LogP contribution is 2.29. The number of rotatable bonds is 6. The van der Waals surface area contributed by atoms with Crippen LogP contribution in [-0.4, -0.2) is 64.2 Å². The van der Waals surface area contributed by atoms with Crippen LogP contribution in [-0.2, 0) is 0 Å². The molecule has 0 unspecified atom stereocenters. The summed E-state index contributed by atoms with van der Waals surface area (Å²) >= 11 is 0. The van der Waals surface area contributed by atoms with Crippen molar-refractivity contribution in [2.24, 2.45) is 0 Å². The number of fused-ring (bicyclic) bond motifs is 2. The zero-order chi connectivity index (χ0) is 33.4. The van der Waals surface area contributed by atoms with E-state index in [1.54, 1.807) is 11.8 Å². The fourth-order valence-electron chi connectivity index (χ4n) is 5.76. The third-order valence-corrected chi connectivity index (χ3v) is 8.21. The molecule has 15 heteroatoms. The number of carbonyl (C=O) groups is 1. The molecule has 5 heterocycles. The number of carbonyl (C=O) groups excluding carboxylic acids is 1. The standard InChI is InChI=1S/C22H18F2N4O3.C11H11F2N3O/c1-12-17(19(27-31-12)13-5-3-2-4-6-13)21(29)28-10-9-14(11-28)25-22-26-16-8-7-15(23)18(24)20(16)30-22;12-7-1-2-8-10(9(7)13)17-11(16-8)15-6-3-4-14-5-6/h2-8,14H,9-11H2,1H3,(H,25,26);1-2,6,14H,3-5H2,(H,15,16)/t14-;6-/m11/s1. The SMILES string of the molecule is Cc1onc(-c2ccccc2)c1C(=O)N1CC[C@@H](Nc2nc3ccc(F)c(F)c3o2)C1.Fc1ccc2nc(N[C@@H]3CCNC3)oc2c1F. The van der Waals surface area contributed by atoms with E-state index in [-0.39, 0.29) is 46.7 Å². The smallest absolute Gasteiger partial charge is 0.296 e. The lowest BCUT2D eigenvalue weighted by molar-refractivity contribution is 0.0790. The van der Waals surface area contributed by atoms with Crippen LogP contribution in [0.5, 0.6) is 0 Å². The number of nitrogens with one attached hydrogen (secondary N) is 3. The van der Waals surface area contributed by atoms with Crippen LogP contribution in [0, 0.1) is 30.2 Å². The Bertz CT molecular complexity index is 2090. The van der Waals surface area contributed by atoms with Gasteiger partial charge in [0.25, 0.3) is 17.9 Å². The van der Waals surface area contributed by atoms with Crippen molar-refractivity contribution in [3.8, 4) is 11.3 Å². The van der Waals surface area contributed by atoms with Crippen LogP contribution >= 0.6 is 0 Å². The van der Waals surface area contributed by atoms with Gasteiger partial charge in [-0.15, -0.1) is 0 Å². The lowest BCUT2D eigenvalue weighted by atomic mass is 10.1. The molecule has 2 atom stereocenters. The van der Waals surface area contributed by atoms with E-state index in [0.29, 0.717) is 42.0 Å². The maximum atomic E-state index is 13.9. The van der Waals surface area contributed by atoms with Gasteiger partial charge < -0.3 is 34.2 Å². The molecule has 11 nitrogen and oxygen atoms in total.